The van der Waals surface area contributed by atoms with Gasteiger partial charge in [0, 0.05) is 25.0 Å². The molecule has 1 aromatic rings. The van der Waals surface area contributed by atoms with Crippen LogP contribution < -0.4 is 21.3 Å². The minimum absolute atomic E-state index is 0.0230. The number of aromatic nitrogens is 2. The maximum Gasteiger partial charge on any atom is 0.289 e. The number of amides is 5. The normalized spacial score (nSPS) is 24.2. The van der Waals surface area contributed by atoms with Crippen molar-refractivity contribution in [2.24, 2.45) is 17.8 Å². The zero-order chi connectivity index (χ0) is 31.9. The second-order valence-electron chi connectivity index (χ2n) is 13.0. The zero-order valence-corrected chi connectivity index (χ0v) is 26.0. The lowest BCUT2D eigenvalue weighted by Gasteiger charge is -2.31. The molecule has 0 aromatic carbocycles. The molecule has 0 bridgehead atoms. The Kier molecular flexibility index (Phi) is 10.8. The van der Waals surface area contributed by atoms with Crippen LogP contribution in [0.2, 0.25) is 0 Å². The van der Waals surface area contributed by atoms with Crippen molar-refractivity contribution in [1.29, 1.82) is 0 Å². The summed E-state index contributed by atoms with van der Waals surface area (Å²) in [4.78, 5) is 88.6. The standard InChI is InChI=1S/C32H45N7O6/c1-2-7-23(28(41)32(45)36-21-12-13-21)37-31(44)27-22-11-6-10-20(22)18-39(27)25(40)17-35-30(43)26(19-8-4-3-5-9-19)38-29(42)24-16-33-14-15-34-24/h14-16,19-23,26-27H,2-13,17-18H2,1H3,(H,35,43)(H,36,45)(H,37,44)(H,38,42)/t20-,22-,23-,26-,27-/m0/s1. The summed E-state index contributed by atoms with van der Waals surface area (Å²) in [5, 5.41) is 11.1. The minimum Gasteiger partial charge on any atom is -0.347 e. The fourth-order valence-corrected chi connectivity index (χ4v) is 7.23. The lowest BCUT2D eigenvalue weighted by molar-refractivity contribution is -0.143. The first kappa shape index (κ1) is 32.5. The smallest absolute Gasteiger partial charge is 0.289 e. The fraction of sp³-hybridized carbons (Fsp3) is 0.688. The van der Waals surface area contributed by atoms with Crippen molar-refractivity contribution in [2.45, 2.75) is 108 Å². The number of nitrogens with zero attached hydrogens (tertiary/aromatic N) is 3. The first-order valence-corrected chi connectivity index (χ1v) is 16.6. The number of nitrogens with one attached hydrogen (secondary N) is 4. The van der Waals surface area contributed by atoms with Crippen molar-refractivity contribution in [3.8, 4) is 0 Å². The molecule has 1 aromatic heterocycles. The van der Waals surface area contributed by atoms with Gasteiger partial charge in [-0.3, -0.25) is 33.8 Å². The summed E-state index contributed by atoms with van der Waals surface area (Å²) >= 11 is 0. The number of likely N-dealkylation sites (tertiary alicyclic amines) is 1. The van der Waals surface area contributed by atoms with Gasteiger partial charge in [-0.25, -0.2) is 4.98 Å². The molecule has 13 nitrogen and oxygen atoms in total. The molecule has 5 rings (SSSR count). The van der Waals surface area contributed by atoms with Crippen LogP contribution in [0.25, 0.3) is 0 Å². The van der Waals surface area contributed by atoms with Crippen molar-refractivity contribution in [2.75, 3.05) is 13.1 Å². The van der Waals surface area contributed by atoms with Crippen molar-refractivity contribution < 1.29 is 28.8 Å². The molecule has 3 aliphatic carbocycles. The summed E-state index contributed by atoms with van der Waals surface area (Å²) in [6.45, 7) is 1.94. The Hall–Kier alpha value is -3.90. The van der Waals surface area contributed by atoms with Crippen LogP contribution in [-0.4, -0.2) is 87.4 Å². The van der Waals surface area contributed by atoms with Gasteiger partial charge < -0.3 is 26.2 Å². The number of ketones is 1. The van der Waals surface area contributed by atoms with Crippen molar-refractivity contribution >= 4 is 35.3 Å². The summed E-state index contributed by atoms with van der Waals surface area (Å²) in [7, 11) is 0. The van der Waals surface area contributed by atoms with E-state index in [0.29, 0.717) is 19.4 Å². The van der Waals surface area contributed by atoms with Gasteiger partial charge >= 0.3 is 0 Å². The molecular weight excluding hydrogens is 578 g/mol. The van der Waals surface area contributed by atoms with E-state index in [-0.39, 0.29) is 36.0 Å². The second-order valence-corrected chi connectivity index (χ2v) is 13.0. The van der Waals surface area contributed by atoms with Crippen molar-refractivity contribution in [3.05, 3.63) is 24.3 Å². The van der Waals surface area contributed by atoms with E-state index in [0.717, 1.165) is 64.2 Å². The third-order valence-electron chi connectivity index (χ3n) is 9.73. The average molecular weight is 624 g/mol. The van der Waals surface area contributed by atoms with Crippen LogP contribution in [0.3, 0.4) is 0 Å². The van der Waals surface area contributed by atoms with Crippen LogP contribution in [0.4, 0.5) is 0 Å². The average Bonchev–Trinajstić information content (AvgIpc) is 3.62. The number of fused-ring (bicyclic) bond motifs is 1. The van der Waals surface area contributed by atoms with Gasteiger partial charge in [-0.15, -0.1) is 0 Å². The van der Waals surface area contributed by atoms with Gasteiger partial charge in [0.15, 0.2) is 0 Å². The van der Waals surface area contributed by atoms with E-state index in [2.05, 4.69) is 31.2 Å². The van der Waals surface area contributed by atoms with Gasteiger partial charge in [0.05, 0.1) is 18.8 Å². The summed E-state index contributed by atoms with van der Waals surface area (Å²) in [6, 6.07) is -2.57. The molecule has 4 fully saturated rings. The van der Waals surface area contributed by atoms with Gasteiger partial charge in [-0.2, -0.15) is 0 Å². The van der Waals surface area contributed by atoms with Crippen molar-refractivity contribution in [1.82, 2.24) is 36.1 Å². The highest BCUT2D eigenvalue weighted by Crippen LogP contribution is 2.42. The molecule has 3 saturated carbocycles. The lowest BCUT2D eigenvalue weighted by atomic mass is 9.83. The number of carbonyl (C=O) groups is 6. The van der Waals surface area contributed by atoms with Gasteiger partial charge in [0.1, 0.15) is 17.8 Å². The Morgan fingerprint density at radius 1 is 0.933 bits per heavy atom. The zero-order valence-electron chi connectivity index (χ0n) is 26.0. The molecule has 5 amide bonds. The Morgan fingerprint density at radius 2 is 1.71 bits per heavy atom. The van der Waals surface area contributed by atoms with Gasteiger partial charge in [-0.05, 0) is 62.7 Å². The van der Waals surface area contributed by atoms with Crippen LogP contribution >= 0.6 is 0 Å². The topological polar surface area (TPSA) is 180 Å². The van der Waals surface area contributed by atoms with E-state index in [1.807, 2.05) is 6.92 Å². The highest BCUT2D eigenvalue weighted by atomic mass is 16.2. The molecule has 0 spiro atoms. The maximum absolute atomic E-state index is 13.7. The predicted molar refractivity (Wildman–Crippen MR) is 162 cm³/mol. The number of Topliss-reactive ketones (excluding diaryl/α,β-unsaturated/α-hetero) is 1. The van der Waals surface area contributed by atoms with Gasteiger partial charge in [0.25, 0.3) is 11.8 Å². The van der Waals surface area contributed by atoms with E-state index in [9.17, 15) is 28.8 Å². The third-order valence-corrected chi connectivity index (χ3v) is 9.73. The quantitative estimate of drug-likeness (QED) is 0.235. The molecule has 0 radical (unpaired) electrons. The highest BCUT2D eigenvalue weighted by molar-refractivity contribution is 6.38. The highest BCUT2D eigenvalue weighted by Gasteiger charge is 2.50. The number of hydrogen-bond donors (Lipinski definition) is 4. The van der Waals surface area contributed by atoms with Crippen LogP contribution in [0.5, 0.6) is 0 Å². The molecule has 0 unspecified atom stereocenters. The maximum atomic E-state index is 13.7. The first-order valence-electron chi connectivity index (χ1n) is 16.6. The van der Waals surface area contributed by atoms with Crippen LogP contribution in [0, 0.1) is 17.8 Å². The molecule has 5 atom stereocenters. The van der Waals surface area contributed by atoms with E-state index in [1.54, 1.807) is 0 Å². The van der Waals surface area contributed by atoms with E-state index >= 15 is 0 Å². The van der Waals surface area contributed by atoms with Crippen LogP contribution in [-0.2, 0) is 24.0 Å². The molecule has 4 aliphatic rings. The summed E-state index contributed by atoms with van der Waals surface area (Å²) in [5.41, 5.74) is 0.101. The molecule has 2 heterocycles. The molecule has 4 N–H and O–H groups in total. The Balaban J connectivity index is 1.24. The van der Waals surface area contributed by atoms with Gasteiger partial charge in [0.2, 0.25) is 23.5 Å². The summed E-state index contributed by atoms with van der Waals surface area (Å²) in [6.07, 6.45) is 14.0. The van der Waals surface area contributed by atoms with E-state index in [1.165, 1.54) is 23.5 Å². The first-order chi connectivity index (χ1) is 21.8. The minimum atomic E-state index is -0.965. The Morgan fingerprint density at radius 3 is 2.40 bits per heavy atom. The molecule has 45 heavy (non-hydrogen) atoms. The van der Waals surface area contributed by atoms with E-state index in [4.69, 9.17) is 0 Å². The largest absolute Gasteiger partial charge is 0.347 e. The summed E-state index contributed by atoms with van der Waals surface area (Å²) in [5.74, 6) is -3.13. The van der Waals surface area contributed by atoms with Gasteiger partial charge in [-0.1, -0.05) is 39.0 Å². The molecule has 1 aliphatic heterocycles. The summed E-state index contributed by atoms with van der Waals surface area (Å²) < 4.78 is 0. The number of hydrogen-bond acceptors (Lipinski definition) is 8. The molecular formula is C32H45N7O6. The Bertz CT molecular complexity index is 1270. The third kappa shape index (κ3) is 8.04. The molecule has 244 valence electrons. The second kappa shape index (κ2) is 14.9. The van der Waals surface area contributed by atoms with E-state index < -0.39 is 53.4 Å². The monoisotopic (exact) mass is 623 g/mol. The molecule has 13 heteroatoms. The fourth-order valence-electron chi connectivity index (χ4n) is 7.23. The lowest BCUT2D eigenvalue weighted by Crippen LogP contribution is -2.56. The Labute approximate surface area is 263 Å². The number of rotatable bonds is 13. The van der Waals surface area contributed by atoms with Crippen LogP contribution in [0.1, 0.15) is 94.5 Å². The SMILES string of the molecule is CCC[C@H](NC(=O)[C@@H]1[C@H]2CCC[C@H]2CN1C(=O)CNC(=O)[C@@H](NC(=O)c1cnccn1)C1CCCCC1)C(=O)C(=O)NC1CC1. The van der Waals surface area contributed by atoms with Crippen molar-refractivity contribution in [3.63, 3.8) is 0 Å². The predicted octanol–water partition coefficient (Wildman–Crippen LogP) is 1.03. The molecule has 1 saturated heterocycles. The van der Waals surface area contributed by atoms with Crippen LogP contribution in [0.15, 0.2) is 18.6 Å². The number of carbonyl (C=O) groups excluding carboxylic acids is 6.